The average molecular weight is 327 g/mol. The minimum atomic E-state index is 0.783. The molecule has 0 bridgehead atoms. The third kappa shape index (κ3) is 2.97. The lowest BCUT2D eigenvalue weighted by atomic mass is 10.0. The van der Waals surface area contributed by atoms with E-state index in [0.29, 0.717) is 0 Å². The van der Waals surface area contributed by atoms with Crippen molar-refractivity contribution in [3.05, 3.63) is 58.2 Å². The molecule has 0 atom stereocenters. The Balaban J connectivity index is 2.12. The van der Waals surface area contributed by atoms with Gasteiger partial charge in [0.2, 0.25) is 0 Å². The minimum Gasteiger partial charge on any atom is -0.497 e. The van der Waals surface area contributed by atoms with Crippen LogP contribution in [0, 0.1) is 20.8 Å². The molecule has 2 aromatic carbocycles. The zero-order valence-corrected chi connectivity index (χ0v) is 14.5. The molecule has 0 saturated carbocycles. The van der Waals surface area contributed by atoms with Crippen molar-refractivity contribution in [3.8, 4) is 5.75 Å². The second kappa shape index (κ2) is 6.09. The van der Waals surface area contributed by atoms with Gasteiger partial charge >= 0.3 is 0 Å². The number of aryl methyl sites for hydroxylation is 3. The van der Waals surface area contributed by atoms with E-state index in [0.717, 1.165) is 49.9 Å². The van der Waals surface area contributed by atoms with Gasteiger partial charge in [-0.1, -0.05) is 11.6 Å². The zero-order valence-electron chi connectivity index (χ0n) is 13.7. The fourth-order valence-electron chi connectivity index (χ4n) is 2.73. The molecule has 0 spiro atoms. The van der Waals surface area contributed by atoms with Crippen LogP contribution in [0.3, 0.4) is 0 Å². The first-order chi connectivity index (χ1) is 11.0. The summed E-state index contributed by atoms with van der Waals surface area (Å²) in [6.45, 7) is 6.03. The Morgan fingerprint density at radius 2 is 1.74 bits per heavy atom. The van der Waals surface area contributed by atoms with E-state index in [-0.39, 0.29) is 0 Å². The number of anilines is 2. The van der Waals surface area contributed by atoms with Crippen LogP contribution in [0.25, 0.3) is 10.9 Å². The van der Waals surface area contributed by atoms with Crippen LogP contribution in [-0.2, 0) is 0 Å². The van der Waals surface area contributed by atoms with E-state index < -0.39 is 0 Å². The minimum absolute atomic E-state index is 0.783. The van der Waals surface area contributed by atoms with Crippen molar-refractivity contribution < 1.29 is 4.74 Å². The number of rotatable bonds is 3. The van der Waals surface area contributed by atoms with E-state index >= 15 is 0 Å². The molecule has 3 aromatic rings. The van der Waals surface area contributed by atoms with Crippen LogP contribution in [0.5, 0.6) is 5.75 Å². The molecule has 4 heteroatoms. The zero-order chi connectivity index (χ0) is 16.6. The lowest BCUT2D eigenvalue weighted by Gasteiger charge is -2.14. The predicted octanol–water partition coefficient (Wildman–Crippen LogP) is 5.57. The smallest absolute Gasteiger partial charge is 0.119 e. The van der Waals surface area contributed by atoms with Gasteiger partial charge < -0.3 is 10.1 Å². The van der Waals surface area contributed by atoms with E-state index in [1.807, 2.05) is 45.0 Å². The molecule has 0 unspecified atom stereocenters. The first kappa shape index (κ1) is 15.6. The maximum Gasteiger partial charge on any atom is 0.119 e. The topological polar surface area (TPSA) is 34.1 Å². The number of hydrogen-bond acceptors (Lipinski definition) is 3. The van der Waals surface area contributed by atoms with Crippen molar-refractivity contribution in [1.29, 1.82) is 0 Å². The van der Waals surface area contributed by atoms with Gasteiger partial charge in [-0.15, -0.1) is 0 Å². The Morgan fingerprint density at radius 3 is 2.39 bits per heavy atom. The third-order valence-electron chi connectivity index (χ3n) is 3.95. The van der Waals surface area contributed by atoms with Crippen molar-refractivity contribution in [1.82, 2.24) is 4.98 Å². The van der Waals surface area contributed by atoms with E-state index in [2.05, 4.69) is 22.4 Å². The largest absolute Gasteiger partial charge is 0.497 e. The number of methoxy groups -OCH3 is 1. The van der Waals surface area contributed by atoms with Crippen molar-refractivity contribution in [2.75, 3.05) is 12.4 Å². The molecule has 1 aromatic heterocycles. The SMILES string of the molecule is COc1ccc(Nc2cc(C)nc3c(C)c(Cl)c(C)cc23)cc1. The Morgan fingerprint density at radius 1 is 1.04 bits per heavy atom. The van der Waals surface area contributed by atoms with Gasteiger partial charge in [-0.25, -0.2) is 0 Å². The molecule has 0 saturated heterocycles. The molecule has 0 aliphatic carbocycles. The number of pyridine rings is 1. The fourth-order valence-corrected chi connectivity index (χ4v) is 2.87. The quantitative estimate of drug-likeness (QED) is 0.683. The van der Waals surface area contributed by atoms with Crippen LogP contribution in [0.15, 0.2) is 36.4 Å². The van der Waals surface area contributed by atoms with Crippen molar-refractivity contribution in [3.63, 3.8) is 0 Å². The van der Waals surface area contributed by atoms with Crippen molar-refractivity contribution >= 4 is 33.9 Å². The summed E-state index contributed by atoms with van der Waals surface area (Å²) < 4.78 is 5.20. The molecule has 1 N–H and O–H groups in total. The van der Waals surface area contributed by atoms with Gasteiger partial charge in [-0.05, 0) is 68.3 Å². The van der Waals surface area contributed by atoms with Crippen molar-refractivity contribution in [2.45, 2.75) is 20.8 Å². The van der Waals surface area contributed by atoms with Crippen molar-refractivity contribution in [2.24, 2.45) is 0 Å². The van der Waals surface area contributed by atoms with Gasteiger partial charge in [-0.3, -0.25) is 4.98 Å². The highest BCUT2D eigenvalue weighted by Gasteiger charge is 2.11. The average Bonchev–Trinajstić information content (AvgIpc) is 2.55. The van der Waals surface area contributed by atoms with Crippen LogP contribution in [-0.4, -0.2) is 12.1 Å². The molecule has 3 nitrogen and oxygen atoms in total. The van der Waals surface area contributed by atoms with E-state index in [4.69, 9.17) is 16.3 Å². The lowest BCUT2D eigenvalue weighted by molar-refractivity contribution is 0.415. The summed E-state index contributed by atoms with van der Waals surface area (Å²) >= 11 is 6.38. The standard InChI is InChI=1S/C19H19ClN2O/c1-11-9-16-17(22-14-5-7-15(23-4)8-6-14)10-12(2)21-19(16)13(3)18(11)20/h5-10H,1-4H3,(H,21,22). The van der Waals surface area contributed by atoms with E-state index in [1.54, 1.807) is 7.11 Å². The molecular formula is C19H19ClN2O. The van der Waals surface area contributed by atoms with Crippen LogP contribution in [0.4, 0.5) is 11.4 Å². The summed E-state index contributed by atoms with van der Waals surface area (Å²) in [6, 6.07) is 12.0. The summed E-state index contributed by atoms with van der Waals surface area (Å²) in [4.78, 5) is 4.66. The highest BCUT2D eigenvalue weighted by Crippen LogP contribution is 2.34. The molecule has 118 valence electrons. The van der Waals surface area contributed by atoms with Gasteiger partial charge in [0, 0.05) is 27.5 Å². The summed E-state index contributed by atoms with van der Waals surface area (Å²) in [5.74, 6) is 0.838. The molecular weight excluding hydrogens is 308 g/mol. The summed E-state index contributed by atoms with van der Waals surface area (Å²) in [6.07, 6.45) is 0. The Labute approximate surface area is 141 Å². The summed E-state index contributed by atoms with van der Waals surface area (Å²) in [7, 11) is 1.66. The van der Waals surface area contributed by atoms with Crippen LogP contribution in [0.1, 0.15) is 16.8 Å². The fraction of sp³-hybridized carbons (Fsp3) is 0.211. The number of halogens is 1. The molecule has 0 amide bonds. The number of benzene rings is 2. The Hall–Kier alpha value is -2.26. The molecule has 3 rings (SSSR count). The maximum absolute atomic E-state index is 6.38. The first-order valence-electron chi connectivity index (χ1n) is 7.47. The molecule has 0 fully saturated rings. The highest BCUT2D eigenvalue weighted by atomic mass is 35.5. The Bertz CT molecular complexity index is 873. The molecule has 0 radical (unpaired) electrons. The van der Waals surface area contributed by atoms with Crippen LogP contribution in [0.2, 0.25) is 5.02 Å². The second-order valence-electron chi connectivity index (χ2n) is 5.69. The molecule has 23 heavy (non-hydrogen) atoms. The third-order valence-corrected chi connectivity index (χ3v) is 4.53. The molecule has 0 aliphatic rings. The van der Waals surface area contributed by atoms with Gasteiger partial charge in [0.1, 0.15) is 5.75 Å². The van der Waals surface area contributed by atoms with Crippen LogP contribution >= 0.6 is 11.6 Å². The summed E-state index contributed by atoms with van der Waals surface area (Å²) in [5.41, 5.74) is 6.00. The van der Waals surface area contributed by atoms with Gasteiger partial charge in [-0.2, -0.15) is 0 Å². The molecule has 1 heterocycles. The normalized spacial score (nSPS) is 10.8. The van der Waals surface area contributed by atoms with Gasteiger partial charge in [0.15, 0.2) is 0 Å². The lowest BCUT2D eigenvalue weighted by Crippen LogP contribution is -1.97. The predicted molar refractivity (Wildman–Crippen MR) is 97.2 cm³/mol. The van der Waals surface area contributed by atoms with Crippen LogP contribution < -0.4 is 10.1 Å². The number of aromatic nitrogens is 1. The Kier molecular flexibility index (Phi) is 4.14. The monoisotopic (exact) mass is 326 g/mol. The van der Waals surface area contributed by atoms with Gasteiger partial charge in [0.05, 0.1) is 12.6 Å². The number of nitrogens with zero attached hydrogens (tertiary/aromatic N) is 1. The van der Waals surface area contributed by atoms with Gasteiger partial charge in [0.25, 0.3) is 0 Å². The van der Waals surface area contributed by atoms with E-state index in [9.17, 15) is 0 Å². The number of fused-ring (bicyclic) bond motifs is 1. The number of ether oxygens (including phenoxy) is 1. The summed E-state index contributed by atoms with van der Waals surface area (Å²) in [5, 5.41) is 5.33. The first-order valence-corrected chi connectivity index (χ1v) is 7.85. The number of hydrogen-bond donors (Lipinski definition) is 1. The van der Waals surface area contributed by atoms with E-state index in [1.165, 1.54) is 0 Å². The highest BCUT2D eigenvalue weighted by molar-refractivity contribution is 6.33. The second-order valence-corrected chi connectivity index (χ2v) is 6.07. The number of nitrogens with one attached hydrogen (secondary N) is 1. The molecule has 0 aliphatic heterocycles. The maximum atomic E-state index is 6.38.